The largest absolute Gasteiger partial charge is 0.431 e. The van der Waals surface area contributed by atoms with Crippen LogP contribution in [0.3, 0.4) is 0 Å². The normalized spacial score (nSPS) is 15.1. The summed E-state index contributed by atoms with van der Waals surface area (Å²) in [6, 6.07) is 3.08. The standard InChI is InChI=1S/C19H20F3N5O/c20-19(21,22)18(26)11(7-23)17-10-4-2-1-3-9(10)15-14(27-17)6-5-12(24)16(15)13(25)8-28/h5-7,23,25,28H,1-4,8,24,26H2. The number of aliphatic hydroxyl groups excluding tert-OH is 1. The number of allylic oxidation sites excluding steroid dienone is 2. The van der Waals surface area contributed by atoms with E-state index in [1.807, 2.05) is 0 Å². The topological polar surface area (TPSA) is 133 Å². The lowest BCUT2D eigenvalue weighted by Crippen LogP contribution is -2.23. The number of aryl methyl sites for hydroxylation is 1. The van der Waals surface area contributed by atoms with Crippen LogP contribution in [0.4, 0.5) is 18.9 Å². The van der Waals surface area contributed by atoms with Crippen molar-refractivity contribution in [1.82, 2.24) is 4.98 Å². The SMILES string of the molecule is N=CC(=C(N)C(F)(F)F)c1nc2ccc(N)c(C(=N)CO)c2c2c1CCCC2. The van der Waals surface area contributed by atoms with Gasteiger partial charge in [0.15, 0.2) is 0 Å². The Morgan fingerprint density at radius 3 is 2.43 bits per heavy atom. The fourth-order valence-corrected chi connectivity index (χ4v) is 3.69. The zero-order valence-corrected chi connectivity index (χ0v) is 15.0. The molecule has 7 N–H and O–H groups in total. The maximum absolute atomic E-state index is 13.2. The van der Waals surface area contributed by atoms with E-state index >= 15 is 0 Å². The molecule has 9 heteroatoms. The van der Waals surface area contributed by atoms with Gasteiger partial charge in [-0.15, -0.1) is 0 Å². The van der Waals surface area contributed by atoms with E-state index in [1.165, 1.54) is 6.07 Å². The Hall–Kier alpha value is -2.94. The van der Waals surface area contributed by atoms with Gasteiger partial charge in [0.05, 0.1) is 23.5 Å². The predicted octanol–water partition coefficient (Wildman–Crippen LogP) is 2.94. The van der Waals surface area contributed by atoms with Crippen LogP contribution in [0.5, 0.6) is 0 Å². The lowest BCUT2D eigenvalue weighted by molar-refractivity contribution is -0.0919. The van der Waals surface area contributed by atoms with Crippen LogP contribution >= 0.6 is 0 Å². The molecule has 1 heterocycles. The quantitative estimate of drug-likeness (QED) is 0.405. The Morgan fingerprint density at radius 2 is 1.86 bits per heavy atom. The summed E-state index contributed by atoms with van der Waals surface area (Å²) in [7, 11) is 0. The molecule has 0 fully saturated rings. The fraction of sp³-hybridized carbons (Fsp3) is 0.316. The van der Waals surface area contributed by atoms with Crippen molar-refractivity contribution in [3.63, 3.8) is 0 Å². The van der Waals surface area contributed by atoms with Crippen LogP contribution in [0.25, 0.3) is 16.5 Å². The van der Waals surface area contributed by atoms with Gasteiger partial charge in [-0.1, -0.05) is 0 Å². The number of nitrogens with two attached hydrogens (primary N) is 2. The van der Waals surface area contributed by atoms with Crippen molar-refractivity contribution in [3.8, 4) is 0 Å². The highest BCUT2D eigenvalue weighted by atomic mass is 19.4. The summed E-state index contributed by atoms with van der Waals surface area (Å²) < 4.78 is 39.6. The summed E-state index contributed by atoms with van der Waals surface area (Å²) in [5, 5.41) is 25.6. The van der Waals surface area contributed by atoms with Gasteiger partial charge in [0.1, 0.15) is 5.70 Å². The van der Waals surface area contributed by atoms with Gasteiger partial charge in [0.2, 0.25) is 0 Å². The third kappa shape index (κ3) is 3.22. The Morgan fingerprint density at radius 1 is 1.21 bits per heavy atom. The molecule has 3 rings (SSSR count). The zero-order chi connectivity index (χ0) is 20.6. The number of benzene rings is 1. The van der Waals surface area contributed by atoms with Crippen LogP contribution < -0.4 is 11.5 Å². The maximum atomic E-state index is 13.2. The molecule has 0 unspecified atom stereocenters. The van der Waals surface area contributed by atoms with Gasteiger partial charge in [0, 0.05) is 28.4 Å². The molecule has 2 aromatic rings. The number of aromatic nitrogens is 1. The molecule has 0 saturated carbocycles. The lowest BCUT2D eigenvalue weighted by Gasteiger charge is -2.24. The maximum Gasteiger partial charge on any atom is 0.431 e. The Balaban J connectivity index is 2.45. The number of rotatable bonds is 4. The molecule has 0 aliphatic heterocycles. The number of nitrogens with zero attached hydrogens (tertiary/aromatic N) is 1. The zero-order valence-electron chi connectivity index (χ0n) is 15.0. The molecule has 0 bridgehead atoms. The highest BCUT2D eigenvalue weighted by Crippen LogP contribution is 2.38. The average molecular weight is 391 g/mol. The lowest BCUT2D eigenvalue weighted by atomic mass is 9.84. The first kappa shape index (κ1) is 19.8. The van der Waals surface area contributed by atoms with Crippen LogP contribution in [0, 0.1) is 10.8 Å². The molecule has 1 aromatic heterocycles. The molecule has 0 radical (unpaired) electrons. The highest BCUT2D eigenvalue weighted by Gasteiger charge is 2.35. The van der Waals surface area contributed by atoms with Gasteiger partial charge in [0.25, 0.3) is 0 Å². The van der Waals surface area contributed by atoms with Crippen molar-refractivity contribution in [1.29, 1.82) is 10.8 Å². The van der Waals surface area contributed by atoms with Crippen LogP contribution in [0.1, 0.15) is 35.2 Å². The summed E-state index contributed by atoms with van der Waals surface area (Å²) in [6.45, 7) is -0.521. The molecule has 0 amide bonds. The minimum absolute atomic E-state index is 0.0401. The second kappa shape index (κ2) is 7.23. The Labute approximate surface area is 159 Å². The summed E-state index contributed by atoms with van der Waals surface area (Å²) in [6.07, 6.45) is -1.55. The molecule has 6 nitrogen and oxygen atoms in total. The number of hydrogen-bond acceptors (Lipinski definition) is 6. The number of nitrogen functional groups attached to an aromatic ring is 1. The molecule has 1 aromatic carbocycles. The van der Waals surface area contributed by atoms with Gasteiger partial charge in [-0.05, 0) is 48.9 Å². The third-order valence-electron chi connectivity index (χ3n) is 4.96. The molecular weight excluding hydrogens is 371 g/mol. The number of anilines is 1. The van der Waals surface area contributed by atoms with Crippen LogP contribution in [-0.4, -0.2) is 34.8 Å². The summed E-state index contributed by atoms with van der Waals surface area (Å²) in [5.74, 6) is 0. The molecular formula is C19H20F3N5O. The van der Waals surface area contributed by atoms with Crippen LogP contribution in [0.2, 0.25) is 0 Å². The van der Waals surface area contributed by atoms with E-state index in [4.69, 9.17) is 22.3 Å². The number of alkyl halides is 3. The van der Waals surface area contributed by atoms with Crippen molar-refractivity contribution < 1.29 is 18.3 Å². The smallest absolute Gasteiger partial charge is 0.398 e. The van der Waals surface area contributed by atoms with E-state index in [0.717, 1.165) is 18.4 Å². The van der Waals surface area contributed by atoms with E-state index in [2.05, 4.69) is 4.98 Å². The van der Waals surface area contributed by atoms with Gasteiger partial charge < -0.3 is 27.4 Å². The minimum Gasteiger partial charge on any atom is -0.398 e. The first-order chi connectivity index (χ1) is 13.2. The second-order valence-electron chi connectivity index (χ2n) is 6.65. The number of pyridine rings is 1. The van der Waals surface area contributed by atoms with Crippen molar-refractivity contribution in [2.45, 2.75) is 31.9 Å². The number of halogens is 3. The number of fused-ring (bicyclic) bond motifs is 3. The molecule has 0 spiro atoms. The molecule has 0 atom stereocenters. The van der Waals surface area contributed by atoms with Crippen molar-refractivity contribution >= 4 is 34.1 Å². The monoisotopic (exact) mass is 391 g/mol. The average Bonchev–Trinajstić information content (AvgIpc) is 2.67. The highest BCUT2D eigenvalue weighted by molar-refractivity contribution is 6.16. The molecule has 28 heavy (non-hydrogen) atoms. The Kier molecular flexibility index (Phi) is 5.12. The summed E-state index contributed by atoms with van der Waals surface area (Å²) >= 11 is 0. The minimum atomic E-state index is -4.78. The molecule has 148 valence electrons. The number of hydrogen-bond donors (Lipinski definition) is 5. The van der Waals surface area contributed by atoms with Crippen molar-refractivity contribution in [2.75, 3.05) is 12.3 Å². The Bertz CT molecular complexity index is 1010. The first-order valence-corrected chi connectivity index (χ1v) is 8.71. The molecule has 0 saturated heterocycles. The van der Waals surface area contributed by atoms with Gasteiger partial charge in [-0.2, -0.15) is 13.2 Å². The van der Waals surface area contributed by atoms with Crippen molar-refractivity contribution in [3.05, 3.63) is 40.2 Å². The predicted molar refractivity (Wildman–Crippen MR) is 103 cm³/mol. The molecule has 1 aliphatic carbocycles. The number of aliphatic hydroxyl groups is 1. The van der Waals surface area contributed by atoms with E-state index < -0.39 is 24.1 Å². The van der Waals surface area contributed by atoms with Crippen LogP contribution in [0.15, 0.2) is 17.8 Å². The van der Waals surface area contributed by atoms with Gasteiger partial charge in [-0.25, -0.2) is 4.98 Å². The van der Waals surface area contributed by atoms with E-state index in [-0.39, 0.29) is 11.4 Å². The fourth-order valence-electron chi connectivity index (χ4n) is 3.69. The van der Waals surface area contributed by atoms with E-state index in [1.54, 1.807) is 6.07 Å². The second-order valence-corrected chi connectivity index (χ2v) is 6.65. The summed E-state index contributed by atoms with van der Waals surface area (Å²) in [5.41, 5.74) is 11.8. The van der Waals surface area contributed by atoms with Crippen molar-refractivity contribution in [2.24, 2.45) is 5.73 Å². The summed E-state index contributed by atoms with van der Waals surface area (Å²) in [4.78, 5) is 4.39. The first-order valence-electron chi connectivity index (χ1n) is 8.71. The van der Waals surface area contributed by atoms with E-state index in [0.29, 0.717) is 46.8 Å². The van der Waals surface area contributed by atoms with E-state index in [9.17, 15) is 18.3 Å². The van der Waals surface area contributed by atoms with Crippen LogP contribution in [-0.2, 0) is 12.8 Å². The number of nitrogens with one attached hydrogen (secondary N) is 2. The van der Waals surface area contributed by atoms with Gasteiger partial charge in [-0.3, -0.25) is 0 Å². The van der Waals surface area contributed by atoms with Gasteiger partial charge >= 0.3 is 6.18 Å². The third-order valence-corrected chi connectivity index (χ3v) is 4.96. The molecule has 1 aliphatic rings.